The molecule has 7 nitrogen and oxygen atoms in total. The van der Waals surface area contributed by atoms with Crippen molar-refractivity contribution in [3.05, 3.63) is 64.4 Å². The summed E-state index contributed by atoms with van der Waals surface area (Å²) in [5.41, 5.74) is 1.31. The van der Waals surface area contributed by atoms with Crippen molar-refractivity contribution >= 4 is 57.0 Å². The van der Waals surface area contributed by atoms with Crippen molar-refractivity contribution in [1.82, 2.24) is 20.1 Å². The number of carbonyl (C=O) groups is 2. The number of amides is 2. The number of anilines is 1. The highest BCUT2D eigenvalue weighted by Crippen LogP contribution is 2.22. The van der Waals surface area contributed by atoms with E-state index in [1.54, 1.807) is 22.4 Å². The van der Waals surface area contributed by atoms with E-state index in [0.29, 0.717) is 16.5 Å². The van der Waals surface area contributed by atoms with Crippen molar-refractivity contribution in [2.24, 2.45) is 7.05 Å². The number of aromatic nitrogens is 3. The fourth-order valence-electron chi connectivity index (χ4n) is 2.84. The molecule has 0 aliphatic heterocycles. The van der Waals surface area contributed by atoms with Crippen molar-refractivity contribution < 1.29 is 9.59 Å². The summed E-state index contributed by atoms with van der Waals surface area (Å²) in [6, 6.07) is 14.6. The SMILES string of the molecule is CSc1cccc(NC(=O)CSc2nnc([C@H](C)NC(=O)c3ccccc3Br)n2C)c1. The van der Waals surface area contributed by atoms with Gasteiger partial charge in [0.25, 0.3) is 5.91 Å². The van der Waals surface area contributed by atoms with E-state index in [1.807, 2.05) is 62.7 Å². The molecule has 10 heteroatoms. The molecule has 1 atom stereocenters. The van der Waals surface area contributed by atoms with Gasteiger partial charge in [-0.25, -0.2) is 0 Å². The van der Waals surface area contributed by atoms with Crippen molar-refractivity contribution in [3.63, 3.8) is 0 Å². The normalized spacial score (nSPS) is 11.7. The molecule has 2 aromatic carbocycles. The average molecular weight is 520 g/mol. The number of carbonyl (C=O) groups excluding carboxylic acids is 2. The molecule has 0 saturated heterocycles. The Balaban J connectivity index is 1.58. The van der Waals surface area contributed by atoms with E-state index in [2.05, 4.69) is 36.8 Å². The molecule has 1 aromatic heterocycles. The lowest BCUT2D eigenvalue weighted by molar-refractivity contribution is -0.113. The zero-order valence-electron chi connectivity index (χ0n) is 17.3. The fourth-order valence-corrected chi connectivity index (χ4v) is 4.48. The molecule has 3 aromatic rings. The van der Waals surface area contributed by atoms with Gasteiger partial charge in [-0.2, -0.15) is 0 Å². The number of benzene rings is 2. The monoisotopic (exact) mass is 519 g/mol. The summed E-state index contributed by atoms with van der Waals surface area (Å²) in [6.07, 6.45) is 1.99. The topological polar surface area (TPSA) is 88.9 Å². The molecule has 0 fully saturated rings. The van der Waals surface area contributed by atoms with Gasteiger partial charge in [-0.05, 0) is 59.4 Å². The van der Waals surface area contributed by atoms with Gasteiger partial charge in [0.2, 0.25) is 5.91 Å². The minimum Gasteiger partial charge on any atom is -0.342 e. The molecule has 0 aliphatic rings. The van der Waals surface area contributed by atoms with Crippen LogP contribution in [-0.4, -0.2) is 38.6 Å². The van der Waals surface area contributed by atoms with Crippen molar-refractivity contribution in [2.75, 3.05) is 17.3 Å². The Morgan fingerprint density at radius 1 is 1.16 bits per heavy atom. The van der Waals surface area contributed by atoms with Crippen LogP contribution in [0, 0.1) is 0 Å². The van der Waals surface area contributed by atoms with Crippen LogP contribution in [-0.2, 0) is 11.8 Å². The van der Waals surface area contributed by atoms with Crippen LogP contribution in [0.5, 0.6) is 0 Å². The largest absolute Gasteiger partial charge is 0.342 e. The lowest BCUT2D eigenvalue weighted by Crippen LogP contribution is -2.28. The summed E-state index contributed by atoms with van der Waals surface area (Å²) >= 11 is 6.30. The second-order valence-electron chi connectivity index (χ2n) is 6.64. The van der Waals surface area contributed by atoms with Gasteiger partial charge in [0.1, 0.15) is 0 Å². The Labute approximate surface area is 197 Å². The maximum Gasteiger partial charge on any atom is 0.253 e. The summed E-state index contributed by atoms with van der Waals surface area (Å²) in [6.45, 7) is 1.85. The molecular weight excluding hydrogens is 498 g/mol. The van der Waals surface area contributed by atoms with Crippen LogP contribution in [0.4, 0.5) is 5.69 Å². The highest BCUT2D eigenvalue weighted by Gasteiger charge is 2.20. The van der Waals surface area contributed by atoms with Crippen molar-refractivity contribution in [3.8, 4) is 0 Å². The van der Waals surface area contributed by atoms with Gasteiger partial charge in [-0.3, -0.25) is 9.59 Å². The molecular formula is C21H22BrN5O2S2. The minimum absolute atomic E-state index is 0.122. The molecule has 0 aliphatic carbocycles. The van der Waals surface area contributed by atoms with Crippen LogP contribution >= 0.6 is 39.5 Å². The lowest BCUT2D eigenvalue weighted by Gasteiger charge is -2.14. The Morgan fingerprint density at radius 2 is 1.94 bits per heavy atom. The number of hydrogen-bond acceptors (Lipinski definition) is 6. The van der Waals surface area contributed by atoms with Gasteiger partial charge in [0.15, 0.2) is 11.0 Å². The lowest BCUT2D eigenvalue weighted by atomic mass is 10.2. The summed E-state index contributed by atoms with van der Waals surface area (Å²) < 4.78 is 2.51. The molecule has 0 spiro atoms. The average Bonchev–Trinajstić information content (AvgIpc) is 3.13. The first-order valence-electron chi connectivity index (χ1n) is 9.40. The number of thioether (sulfide) groups is 2. The van der Waals surface area contributed by atoms with Crippen molar-refractivity contribution in [2.45, 2.75) is 23.0 Å². The fraction of sp³-hybridized carbons (Fsp3) is 0.238. The molecule has 0 unspecified atom stereocenters. The molecule has 0 saturated carbocycles. The zero-order chi connectivity index (χ0) is 22.4. The van der Waals surface area contributed by atoms with Gasteiger partial charge in [-0.1, -0.05) is 30.0 Å². The van der Waals surface area contributed by atoms with E-state index in [4.69, 9.17) is 0 Å². The van der Waals surface area contributed by atoms with E-state index < -0.39 is 0 Å². The molecule has 0 bridgehead atoms. The maximum absolute atomic E-state index is 12.5. The van der Waals surface area contributed by atoms with Gasteiger partial charge < -0.3 is 15.2 Å². The van der Waals surface area contributed by atoms with E-state index in [0.717, 1.165) is 15.1 Å². The number of rotatable bonds is 8. The molecule has 1 heterocycles. The smallest absolute Gasteiger partial charge is 0.253 e. The first kappa shape index (κ1) is 23.4. The highest BCUT2D eigenvalue weighted by molar-refractivity contribution is 9.10. The molecule has 31 heavy (non-hydrogen) atoms. The first-order chi connectivity index (χ1) is 14.9. The Hall–Kier alpha value is -2.30. The zero-order valence-corrected chi connectivity index (χ0v) is 20.5. The Bertz CT molecular complexity index is 1090. The predicted octanol–water partition coefficient (Wildman–Crippen LogP) is 4.52. The molecule has 3 rings (SSSR count). The van der Waals surface area contributed by atoms with Crippen molar-refractivity contribution in [1.29, 1.82) is 0 Å². The molecule has 2 amide bonds. The number of hydrogen-bond donors (Lipinski definition) is 2. The third-order valence-corrected chi connectivity index (χ3v) is 6.84. The summed E-state index contributed by atoms with van der Waals surface area (Å²) in [4.78, 5) is 25.9. The van der Waals surface area contributed by atoms with E-state index in [-0.39, 0.29) is 23.6 Å². The van der Waals surface area contributed by atoms with Gasteiger partial charge >= 0.3 is 0 Å². The summed E-state index contributed by atoms with van der Waals surface area (Å²) in [5, 5.41) is 14.8. The number of nitrogens with one attached hydrogen (secondary N) is 2. The molecule has 0 radical (unpaired) electrons. The Kier molecular flexibility index (Phi) is 8.16. The van der Waals surface area contributed by atoms with Crippen LogP contribution in [0.1, 0.15) is 29.1 Å². The van der Waals surface area contributed by atoms with Gasteiger partial charge in [0.05, 0.1) is 17.4 Å². The van der Waals surface area contributed by atoms with Crippen LogP contribution in [0.2, 0.25) is 0 Å². The second-order valence-corrected chi connectivity index (χ2v) is 9.32. The quantitative estimate of drug-likeness (QED) is 0.425. The van der Waals surface area contributed by atoms with Crippen LogP contribution in [0.25, 0.3) is 0 Å². The van der Waals surface area contributed by atoms with E-state index in [9.17, 15) is 9.59 Å². The van der Waals surface area contributed by atoms with Crippen LogP contribution in [0.3, 0.4) is 0 Å². The Morgan fingerprint density at radius 3 is 2.68 bits per heavy atom. The summed E-state index contributed by atoms with van der Waals surface area (Å²) in [7, 11) is 1.82. The number of halogens is 1. The van der Waals surface area contributed by atoms with Crippen LogP contribution < -0.4 is 10.6 Å². The standard InChI is InChI=1S/C21H22BrN5O2S2/c1-13(23-20(29)16-9-4-5-10-17(16)22)19-25-26-21(27(19)2)31-12-18(28)24-14-7-6-8-15(11-14)30-3/h4-11,13H,12H2,1-3H3,(H,23,29)(H,24,28)/t13-/m0/s1. The first-order valence-corrected chi connectivity index (χ1v) is 12.4. The third-order valence-electron chi connectivity index (χ3n) is 4.41. The highest BCUT2D eigenvalue weighted by atomic mass is 79.9. The van der Waals surface area contributed by atoms with Gasteiger partial charge in [-0.15, -0.1) is 22.0 Å². The summed E-state index contributed by atoms with van der Waals surface area (Å²) in [5.74, 6) is 0.482. The van der Waals surface area contributed by atoms with E-state index >= 15 is 0 Å². The maximum atomic E-state index is 12.5. The molecule has 2 N–H and O–H groups in total. The van der Waals surface area contributed by atoms with Crippen LogP contribution in [0.15, 0.2) is 63.1 Å². The second kappa shape index (κ2) is 10.8. The van der Waals surface area contributed by atoms with E-state index in [1.165, 1.54) is 11.8 Å². The minimum atomic E-state index is -0.352. The number of nitrogens with zero attached hydrogens (tertiary/aromatic N) is 3. The van der Waals surface area contributed by atoms with Gasteiger partial charge in [0, 0.05) is 22.1 Å². The third kappa shape index (κ3) is 6.11. The predicted molar refractivity (Wildman–Crippen MR) is 129 cm³/mol. The molecule has 162 valence electrons.